The first-order chi connectivity index (χ1) is 9.24. The number of hydrogen-bond acceptors (Lipinski definition) is 3. The maximum Gasteiger partial charge on any atom is 0.261 e. The van der Waals surface area contributed by atoms with Crippen LogP contribution in [0.1, 0.15) is 39.4 Å². The molecule has 1 amide bonds. The Morgan fingerprint density at radius 2 is 2.32 bits per heavy atom. The van der Waals surface area contributed by atoms with Crippen LogP contribution in [0, 0.1) is 0 Å². The Balaban J connectivity index is 1.96. The highest BCUT2D eigenvalue weighted by Gasteiger charge is 2.19. The first-order valence-corrected chi connectivity index (χ1v) is 8.07. The van der Waals surface area contributed by atoms with Gasteiger partial charge in [-0.05, 0) is 43.7 Å². The monoisotopic (exact) mass is 301 g/mol. The minimum Gasteiger partial charge on any atom is -0.385 e. The van der Waals surface area contributed by atoms with E-state index in [1.165, 1.54) is 23.3 Å². The summed E-state index contributed by atoms with van der Waals surface area (Å²) in [6.45, 7) is 0.610. The fraction of sp³-hybridized carbons (Fsp3) is 0.643. The highest BCUT2D eigenvalue weighted by Crippen LogP contribution is 2.29. The molecule has 0 saturated heterocycles. The van der Waals surface area contributed by atoms with Crippen molar-refractivity contribution in [2.45, 2.75) is 38.1 Å². The van der Waals surface area contributed by atoms with Gasteiger partial charge in [-0.15, -0.1) is 22.9 Å². The fourth-order valence-corrected chi connectivity index (χ4v) is 3.70. The van der Waals surface area contributed by atoms with Gasteiger partial charge in [0.2, 0.25) is 0 Å². The van der Waals surface area contributed by atoms with Crippen LogP contribution < -0.4 is 5.32 Å². The summed E-state index contributed by atoms with van der Waals surface area (Å²) in [7, 11) is 1.65. The van der Waals surface area contributed by atoms with E-state index in [0.29, 0.717) is 12.5 Å². The molecule has 2 rings (SSSR count). The highest BCUT2D eigenvalue weighted by molar-refractivity contribution is 7.14. The van der Waals surface area contributed by atoms with Crippen molar-refractivity contribution in [2.24, 2.45) is 0 Å². The molecule has 1 aliphatic rings. The number of carbonyl (C=O) groups excluding carboxylic acids is 1. The van der Waals surface area contributed by atoms with E-state index < -0.39 is 0 Å². The topological polar surface area (TPSA) is 38.3 Å². The van der Waals surface area contributed by atoms with Crippen molar-refractivity contribution in [1.29, 1.82) is 0 Å². The van der Waals surface area contributed by atoms with Crippen molar-refractivity contribution >= 4 is 28.8 Å². The first-order valence-electron chi connectivity index (χ1n) is 6.72. The molecular weight excluding hydrogens is 282 g/mol. The summed E-state index contributed by atoms with van der Waals surface area (Å²) < 4.78 is 5.02. The van der Waals surface area contributed by atoms with Crippen LogP contribution in [0.15, 0.2) is 6.07 Å². The average Bonchev–Trinajstić information content (AvgIpc) is 2.87. The number of thiophene rings is 1. The van der Waals surface area contributed by atoms with E-state index in [1.807, 2.05) is 0 Å². The van der Waals surface area contributed by atoms with Crippen LogP contribution in [0.5, 0.6) is 0 Å². The second-order valence-electron chi connectivity index (χ2n) is 4.87. The molecule has 1 aromatic heterocycles. The molecule has 0 aliphatic heterocycles. The van der Waals surface area contributed by atoms with Crippen molar-refractivity contribution in [3.05, 3.63) is 21.4 Å². The first kappa shape index (κ1) is 14.8. The Bertz CT molecular complexity index is 410. The van der Waals surface area contributed by atoms with Crippen LogP contribution in [0.4, 0.5) is 0 Å². The number of rotatable bonds is 6. The summed E-state index contributed by atoms with van der Waals surface area (Å²) in [5.74, 6) is 0.418. The minimum atomic E-state index is -0.0201. The maximum absolute atomic E-state index is 12.2. The number of alkyl halides is 1. The number of methoxy groups -OCH3 is 1. The molecule has 1 heterocycles. The molecule has 106 valence electrons. The summed E-state index contributed by atoms with van der Waals surface area (Å²) in [5.41, 5.74) is 1.36. The molecular formula is C14H20ClNO2S. The van der Waals surface area contributed by atoms with Crippen LogP contribution in [-0.4, -0.2) is 31.5 Å². The molecule has 19 heavy (non-hydrogen) atoms. The molecule has 3 nitrogen and oxygen atoms in total. The van der Waals surface area contributed by atoms with Crippen LogP contribution in [0.2, 0.25) is 0 Å². The Morgan fingerprint density at radius 3 is 3.00 bits per heavy atom. The van der Waals surface area contributed by atoms with E-state index >= 15 is 0 Å². The van der Waals surface area contributed by atoms with Gasteiger partial charge in [-0.1, -0.05) is 0 Å². The van der Waals surface area contributed by atoms with Gasteiger partial charge in [-0.3, -0.25) is 4.79 Å². The lowest BCUT2D eigenvalue weighted by molar-refractivity contribution is 0.0934. The number of fused-ring (bicyclic) bond motifs is 1. The Kier molecular flexibility index (Phi) is 5.67. The normalized spacial score (nSPS) is 15.9. The number of nitrogens with one attached hydrogen (secondary N) is 1. The van der Waals surface area contributed by atoms with Gasteiger partial charge < -0.3 is 10.1 Å². The molecule has 5 heteroatoms. The smallest absolute Gasteiger partial charge is 0.261 e. The number of hydrogen-bond donors (Lipinski definition) is 1. The lowest BCUT2D eigenvalue weighted by Crippen LogP contribution is -2.36. The quantitative estimate of drug-likeness (QED) is 0.820. The van der Waals surface area contributed by atoms with Crippen molar-refractivity contribution in [3.63, 3.8) is 0 Å². The maximum atomic E-state index is 12.2. The van der Waals surface area contributed by atoms with Gasteiger partial charge in [0.15, 0.2) is 0 Å². The van der Waals surface area contributed by atoms with E-state index in [-0.39, 0.29) is 11.9 Å². The van der Waals surface area contributed by atoms with Crippen LogP contribution in [0.25, 0.3) is 0 Å². The van der Waals surface area contributed by atoms with E-state index in [1.54, 1.807) is 18.4 Å². The number of ether oxygens (including phenoxy) is 1. The molecule has 0 fully saturated rings. The van der Waals surface area contributed by atoms with E-state index in [0.717, 1.165) is 24.1 Å². The second-order valence-corrected chi connectivity index (χ2v) is 6.32. The van der Waals surface area contributed by atoms with Crippen LogP contribution >= 0.6 is 22.9 Å². The molecule has 0 bridgehead atoms. The zero-order chi connectivity index (χ0) is 13.7. The summed E-state index contributed by atoms with van der Waals surface area (Å²) >= 11 is 7.50. The van der Waals surface area contributed by atoms with Crippen molar-refractivity contribution in [1.82, 2.24) is 5.32 Å². The van der Waals surface area contributed by atoms with Gasteiger partial charge in [0, 0.05) is 30.5 Å². The molecule has 1 aromatic rings. The summed E-state index contributed by atoms with van der Waals surface area (Å²) in [5, 5.41) is 2.99. The van der Waals surface area contributed by atoms with Crippen LogP contribution in [-0.2, 0) is 17.6 Å². The lowest BCUT2D eigenvalue weighted by atomic mass is 9.99. The third kappa shape index (κ3) is 3.94. The predicted molar refractivity (Wildman–Crippen MR) is 79.4 cm³/mol. The van der Waals surface area contributed by atoms with E-state index in [2.05, 4.69) is 11.4 Å². The third-order valence-electron chi connectivity index (χ3n) is 3.41. The van der Waals surface area contributed by atoms with Crippen molar-refractivity contribution in [3.8, 4) is 0 Å². The van der Waals surface area contributed by atoms with Gasteiger partial charge in [0.1, 0.15) is 0 Å². The zero-order valence-electron chi connectivity index (χ0n) is 11.2. The number of carbonyl (C=O) groups is 1. The largest absolute Gasteiger partial charge is 0.385 e. The van der Waals surface area contributed by atoms with Gasteiger partial charge >= 0.3 is 0 Å². The average molecular weight is 302 g/mol. The minimum absolute atomic E-state index is 0.00107. The Hall–Kier alpha value is -0.580. The van der Waals surface area contributed by atoms with Gasteiger partial charge in [0.25, 0.3) is 5.91 Å². The molecule has 1 N–H and O–H groups in total. The second kappa shape index (κ2) is 7.27. The molecule has 0 radical (unpaired) electrons. The van der Waals surface area contributed by atoms with E-state index in [9.17, 15) is 4.79 Å². The predicted octanol–water partition coefficient (Wildman–Crippen LogP) is 3.00. The number of halogens is 1. The van der Waals surface area contributed by atoms with Gasteiger partial charge in [-0.2, -0.15) is 0 Å². The Morgan fingerprint density at radius 1 is 1.53 bits per heavy atom. The lowest BCUT2D eigenvalue weighted by Gasteiger charge is -2.14. The summed E-state index contributed by atoms with van der Waals surface area (Å²) in [6.07, 6.45) is 5.46. The molecule has 0 saturated carbocycles. The third-order valence-corrected chi connectivity index (χ3v) is 5.02. The van der Waals surface area contributed by atoms with Crippen molar-refractivity contribution < 1.29 is 9.53 Å². The number of amides is 1. The Labute approximate surface area is 123 Å². The molecule has 0 spiro atoms. The fourth-order valence-electron chi connectivity index (χ4n) is 2.31. The molecule has 1 aliphatic carbocycles. The SMILES string of the molecule is COCCC(CCl)NC(=O)c1cc2c(s1)CCCC2. The standard InChI is InChI=1S/C14H20ClNO2S/c1-18-7-6-11(9-15)16-14(17)13-8-10-4-2-3-5-12(10)19-13/h8,11H,2-7,9H2,1H3,(H,16,17). The van der Waals surface area contributed by atoms with Gasteiger partial charge in [-0.25, -0.2) is 0 Å². The van der Waals surface area contributed by atoms with E-state index in [4.69, 9.17) is 16.3 Å². The summed E-state index contributed by atoms with van der Waals surface area (Å²) in [4.78, 5) is 14.4. The van der Waals surface area contributed by atoms with Crippen LogP contribution in [0.3, 0.4) is 0 Å². The van der Waals surface area contributed by atoms with Gasteiger partial charge in [0.05, 0.1) is 4.88 Å². The summed E-state index contributed by atoms with van der Waals surface area (Å²) in [6, 6.07) is 2.03. The zero-order valence-corrected chi connectivity index (χ0v) is 12.8. The molecule has 0 aromatic carbocycles. The molecule has 1 unspecified atom stereocenters. The molecule has 1 atom stereocenters. The highest BCUT2D eigenvalue weighted by atomic mass is 35.5. The van der Waals surface area contributed by atoms with Crippen molar-refractivity contribution in [2.75, 3.05) is 19.6 Å². The number of aryl methyl sites for hydroxylation is 2.